The molecule has 8 heteroatoms. The van der Waals surface area contributed by atoms with Crippen LogP contribution in [0.2, 0.25) is 0 Å². The Morgan fingerprint density at radius 1 is 1.25 bits per heavy atom. The van der Waals surface area contributed by atoms with Crippen molar-refractivity contribution in [2.45, 2.75) is 25.4 Å². The van der Waals surface area contributed by atoms with Crippen molar-refractivity contribution in [1.29, 1.82) is 0 Å². The van der Waals surface area contributed by atoms with E-state index in [9.17, 15) is 9.59 Å². The summed E-state index contributed by atoms with van der Waals surface area (Å²) in [6.07, 6.45) is 1.93. The lowest BCUT2D eigenvalue weighted by molar-refractivity contribution is -0.138. The minimum absolute atomic E-state index is 0.0340. The molecule has 0 spiro atoms. The number of ether oxygens (including phenoxy) is 2. The SMILES string of the molecule is COc1ccc(OC2CCCN(C(=O)C3CC(=O)N(C)C3)C2)nn1. The van der Waals surface area contributed by atoms with Crippen LogP contribution in [0.25, 0.3) is 0 Å². The summed E-state index contributed by atoms with van der Waals surface area (Å²) in [6, 6.07) is 3.39. The maximum absolute atomic E-state index is 12.6. The van der Waals surface area contributed by atoms with E-state index in [-0.39, 0.29) is 23.8 Å². The van der Waals surface area contributed by atoms with Gasteiger partial charge < -0.3 is 19.3 Å². The first-order chi connectivity index (χ1) is 11.6. The van der Waals surface area contributed by atoms with Crippen molar-refractivity contribution < 1.29 is 19.1 Å². The molecule has 0 saturated carbocycles. The number of methoxy groups -OCH3 is 1. The van der Waals surface area contributed by atoms with Gasteiger partial charge in [0.1, 0.15) is 6.10 Å². The molecule has 3 rings (SSSR count). The first-order valence-corrected chi connectivity index (χ1v) is 8.14. The van der Waals surface area contributed by atoms with Gasteiger partial charge in [0.05, 0.1) is 19.6 Å². The molecule has 2 saturated heterocycles. The Balaban J connectivity index is 1.57. The highest BCUT2D eigenvalue weighted by molar-refractivity contribution is 5.89. The van der Waals surface area contributed by atoms with E-state index in [2.05, 4.69) is 10.2 Å². The van der Waals surface area contributed by atoms with Gasteiger partial charge in [0.2, 0.25) is 23.6 Å². The molecular weight excluding hydrogens is 312 g/mol. The second kappa shape index (κ2) is 7.02. The van der Waals surface area contributed by atoms with Crippen LogP contribution in [0.5, 0.6) is 11.8 Å². The maximum atomic E-state index is 12.6. The zero-order chi connectivity index (χ0) is 17.1. The molecule has 0 aromatic carbocycles. The molecule has 2 fully saturated rings. The lowest BCUT2D eigenvalue weighted by Gasteiger charge is -2.33. The molecule has 3 heterocycles. The number of piperidine rings is 1. The fourth-order valence-corrected chi connectivity index (χ4v) is 3.17. The van der Waals surface area contributed by atoms with Gasteiger partial charge in [0.25, 0.3) is 0 Å². The summed E-state index contributed by atoms with van der Waals surface area (Å²) >= 11 is 0. The summed E-state index contributed by atoms with van der Waals surface area (Å²) in [5.74, 6) is 0.694. The van der Waals surface area contributed by atoms with Crippen molar-refractivity contribution in [2.24, 2.45) is 5.92 Å². The number of rotatable bonds is 4. The third-order valence-electron chi connectivity index (χ3n) is 4.49. The Morgan fingerprint density at radius 2 is 2.00 bits per heavy atom. The number of nitrogens with zero attached hydrogens (tertiary/aromatic N) is 4. The number of carbonyl (C=O) groups is 2. The van der Waals surface area contributed by atoms with Gasteiger partial charge in [-0.1, -0.05) is 0 Å². The monoisotopic (exact) mass is 334 g/mol. The summed E-state index contributed by atoms with van der Waals surface area (Å²) < 4.78 is 10.8. The van der Waals surface area contributed by atoms with Crippen molar-refractivity contribution in [3.05, 3.63) is 12.1 Å². The highest BCUT2D eigenvalue weighted by Gasteiger charge is 2.36. The Morgan fingerprint density at radius 3 is 2.62 bits per heavy atom. The molecule has 1 aromatic heterocycles. The average molecular weight is 334 g/mol. The molecule has 2 amide bonds. The van der Waals surface area contributed by atoms with Crippen molar-refractivity contribution >= 4 is 11.8 Å². The van der Waals surface area contributed by atoms with E-state index in [1.807, 2.05) is 4.90 Å². The van der Waals surface area contributed by atoms with E-state index in [1.165, 1.54) is 7.11 Å². The first kappa shape index (κ1) is 16.5. The summed E-state index contributed by atoms with van der Waals surface area (Å²) in [6.45, 7) is 1.73. The molecule has 2 atom stereocenters. The Hall–Kier alpha value is -2.38. The van der Waals surface area contributed by atoms with Gasteiger partial charge in [0.15, 0.2) is 0 Å². The minimum atomic E-state index is -0.234. The number of likely N-dealkylation sites (tertiary alicyclic amines) is 2. The maximum Gasteiger partial charge on any atom is 0.233 e. The van der Waals surface area contributed by atoms with Gasteiger partial charge >= 0.3 is 0 Å². The third-order valence-corrected chi connectivity index (χ3v) is 4.49. The van der Waals surface area contributed by atoms with Crippen molar-refractivity contribution in [1.82, 2.24) is 20.0 Å². The van der Waals surface area contributed by atoms with Gasteiger partial charge in [-0.15, -0.1) is 10.2 Å². The quantitative estimate of drug-likeness (QED) is 0.789. The van der Waals surface area contributed by atoms with Crippen LogP contribution in [-0.2, 0) is 9.59 Å². The second-order valence-corrected chi connectivity index (χ2v) is 6.26. The molecule has 0 N–H and O–H groups in total. The van der Waals surface area contributed by atoms with Crippen LogP contribution in [0.1, 0.15) is 19.3 Å². The minimum Gasteiger partial charge on any atom is -0.480 e. The molecule has 0 aliphatic carbocycles. The van der Waals surface area contributed by atoms with Crippen LogP contribution in [0.3, 0.4) is 0 Å². The van der Waals surface area contributed by atoms with Gasteiger partial charge in [0, 0.05) is 38.7 Å². The highest BCUT2D eigenvalue weighted by atomic mass is 16.5. The van der Waals surface area contributed by atoms with Crippen molar-refractivity contribution in [2.75, 3.05) is 33.8 Å². The molecule has 2 unspecified atom stereocenters. The van der Waals surface area contributed by atoms with Crippen LogP contribution in [0.4, 0.5) is 0 Å². The zero-order valence-electron chi connectivity index (χ0n) is 14.0. The summed E-state index contributed by atoms with van der Waals surface area (Å²) in [4.78, 5) is 27.7. The van der Waals surface area contributed by atoms with E-state index in [1.54, 1.807) is 24.1 Å². The molecule has 2 aliphatic rings. The molecule has 0 radical (unpaired) electrons. The number of hydrogen-bond acceptors (Lipinski definition) is 6. The Bertz CT molecular complexity index is 607. The van der Waals surface area contributed by atoms with Crippen LogP contribution in [0, 0.1) is 5.92 Å². The van der Waals surface area contributed by atoms with Crippen LogP contribution < -0.4 is 9.47 Å². The lowest BCUT2D eigenvalue weighted by atomic mass is 10.0. The van der Waals surface area contributed by atoms with E-state index >= 15 is 0 Å². The predicted octanol–water partition coefficient (Wildman–Crippen LogP) is 0.333. The summed E-state index contributed by atoms with van der Waals surface area (Å²) in [5, 5.41) is 7.83. The van der Waals surface area contributed by atoms with E-state index in [4.69, 9.17) is 9.47 Å². The fourth-order valence-electron chi connectivity index (χ4n) is 3.17. The van der Waals surface area contributed by atoms with Crippen LogP contribution >= 0.6 is 0 Å². The number of aromatic nitrogens is 2. The number of carbonyl (C=O) groups excluding carboxylic acids is 2. The highest BCUT2D eigenvalue weighted by Crippen LogP contribution is 2.23. The molecular formula is C16H22N4O4. The topological polar surface area (TPSA) is 84.9 Å². The number of hydrogen-bond donors (Lipinski definition) is 0. The normalized spacial score (nSPS) is 24.2. The second-order valence-electron chi connectivity index (χ2n) is 6.26. The predicted molar refractivity (Wildman–Crippen MR) is 84.6 cm³/mol. The third kappa shape index (κ3) is 3.58. The van der Waals surface area contributed by atoms with Gasteiger partial charge in [-0.25, -0.2) is 0 Å². The first-order valence-electron chi connectivity index (χ1n) is 8.14. The van der Waals surface area contributed by atoms with Crippen LogP contribution in [-0.4, -0.2) is 71.7 Å². The van der Waals surface area contributed by atoms with E-state index in [0.717, 1.165) is 12.8 Å². The molecule has 130 valence electrons. The summed E-state index contributed by atoms with van der Waals surface area (Å²) in [7, 11) is 3.26. The van der Waals surface area contributed by atoms with E-state index in [0.29, 0.717) is 37.8 Å². The molecule has 24 heavy (non-hydrogen) atoms. The van der Waals surface area contributed by atoms with Crippen LogP contribution in [0.15, 0.2) is 12.1 Å². The molecule has 8 nitrogen and oxygen atoms in total. The van der Waals surface area contributed by atoms with Crippen molar-refractivity contribution in [3.8, 4) is 11.8 Å². The zero-order valence-corrected chi connectivity index (χ0v) is 14.0. The Labute approximate surface area is 140 Å². The summed E-state index contributed by atoms with van der Waals surface area (Å²) in [5.41, 5.74) is 0. The molecule has 1 aromatic rings. The standard InChI is InChI=1S/C16H22N4O4/c1-19-9-11(8-15(19)21)16(22)20-7-3-4-12(10-20)24-14-6-5-13(23-2)17-18-14/h5-6,11-12H,3-4,7-10H2,1-2H3. The van der Waals surface area contributed by atoms with Crippen molar-refractivity contribution in [3.63, 3.8) is 0 Å². The Kier molecular flexibility index (Phi) is 4.82. The van der Waals surface area contributed by atoms with Gasteiger partial charge in [-0.3, -0.25) is 9.59 Å². The molecule has 2 aliphatic heterocycles. The molecule has 0 bridgehead atoms. The average Bonchev–Trinajstić information content (AvgIpc) is 2.94. The van der Waals surface area contributed by atoms with E-state index < -0.39 is 0 Å². The largest absolute Gasteiger partial charge is 0.480 e. The van der Waals surface area contributed by atoms with Gasteiger partial charge in [-0.2, -0.15) is 0 Å². The number of amides is 2. The fraction of sp³-hybridized carbons (Fsp3) is 0.625. The smallest absolute Gasteiger partial charge is 0.233 e. The lowest BCUT2D eigenvalue weighted by Crippen LogP contribution is -2.47. The van der Waals surface area contributed by atoms with Gasteiger partial charge in [-0.05, 0) is 12.8 Å².